The lowest BCUT2D eigenvalue weighted by Crippen LogP contribution is -2.17. The minimum absolute atomic E-state index is 0.0250. The Labute approximate surface area is 137 Å². The van der Waals surface area contributed by atoms with E-state index in [9.17, 15) is 4.79 Å². The van der Waals surface area contributed by atoms with Crippen LogP contribution in [0.3, 0.4) is 0 Å². The maximum Gasteiger partial charge on any atom is 0.319 e. The molecular formula is C14H14Cl2N2O2S. The van der Waals surface area contributed by atoms with Crippen molar-refractivity contribution >= 4 is 40.9 Å². The lowest BCUT2D eigenvalue weighted by atomic mass is 10.3. The number of esters is 1. The molecular weight excluding hydrogens is 331 g/mol. The maximum atomic E-state index is 11.8. The number of nitrogens with zero attached hydrogens (tertiary/aromatic N) is 2. The summed E-state index contributed by atoms with van der Waals surface area (Å²) < 4.78 is 6.94. The minimum atomic E-state index is -0.296. The summed E-state index contributed by atoms with van der Waals surface area (Å²) in [6, 6.07) is 9.41. The van der Waals surface area contributed by atoms with E-state index in [2.05, 4.69) is 4.98 Å². The van der Waals surface area contributed by atoms with Crippen LogP contribution in [0.1, 0.15) is 12.6 Å². The molecule has 1 atom stereocenters. The van der Waals surface area contributed by atoms with Crippen molar-refractivity contribution in [1.29, 1.82) is 0 Å². The fourth-order valence-electron chi connectivity index (χ4n) is 1.72. The van der Waals surface area contributed by atoms with E-state index < -0.39 is 0 Å². The van der Waals surface area contributed by atoms with Gasteiger partial charge in [0.25, 0.3) is 0 Å². The minimum Gasteiger partial charge on any atom is -0.458 e. The Balaban J connectivity index is 2.26. The first-order valence-electron chi connectivity index (χ1n) is 6.22. The molecule has 7 heteroatoms. The Hall–Kier alpha value is -1.17. The quantitative estimate of drug-likeness (QED) is 0.769. The third-order valence-corrected chi connectivity index (χ3v) is 4.39. The van der Waals surface area contributed by atoms with Gasteiger partial charge in [0.2, 0.25) is 5.28 Å². The smallest absolute Gasteiger partial charge is 0.319 e. The molecule has 0 unspecified atom stereocenters. The average Bonchev–Trinajstić information content (AvgIpc) is 2.78. The van der Waals surface area contributed by atoms with Crippen LogP contribution in [0.25, 0.3) is 5.69 Å². The summed E-state index contributed by atoms with van der Waals surface area (Å²) in [5.74, 6) is -0.296. The summed E-state index contributed by atoms with van der Waals surface area (Å²) in [5.41, 5.74) is 1.36. The molecule has 0 N–H and O–H groups in total. The first kappa shape index (κ1) is 16.2. The van der Waals surface area contributed by atoms with Gasteiger partial charge in [-0.15, -0.1) is 0 Å². The Morgan fingerprint density at radius 2 is 2.05 bits per heavy atom. The van der Waals surface area contributed by atoms with Gasteiger partial charge in [-0.05, 0) is 36.9 Å². The Morgan fingerprint density at radius 3 is 2.67 bits per heavy atom. The molecule has 0 fully saturated rings. The molecule has 2 rings (SSSR count). The van der Waals surface area contributed by atoms with E-state index in [1.165, 1.54) is 11.8 Å². The van der Waals surface area contributed by atoms with Crippen molar-refractivity contribution in [3.63, 3.8) is 0 Å². The van der Waals surface area contributed by atoms with Gasteiger partial charge in [-0.3, -0.25) is 9.36 Å². The summed E-state index contributed by atoms with van der Waals surface area (Å²) in [4.78, 5) is 15.8. The lowest BCUT2D eigenvalue weighted by molar-refractivity contribution is -0.144. The van der Waals surface area contributed by atoms with Crippen molar-refractivity contribution in [3.8, 4) is 5.69 Å². The number of benzene rings is 1. The molecule has 4 nitrogen and oxygen atoms in total. The standard InChI is InChI=1S/C14H14Cl2N2O2S/c1-9(21-2)13(19)20-8-11-12(15)17-14(16)18(11)10-6-4-3-5-7-10/h3-7,9H,8H2,1-2H3/t9-/m1/s1. The van der Waals surface area contributed by atoms with Crippen molar-refractivity contribution in [2.45, 2.75) is 18.8 Å². The topological polar surface area (TPSA) is 44.1 Å². The second kappa shape index (κ2) is 7.20. The number of para-hydroxylation sites is 1. The van der Waals surface area contributed by atoms with Crippen molar-refractivity contribution in [3.05, 3.63) is 46.5 Å². The van der Waals surface area contributed by atoms with Gasteiger partial charge in [0.1, 0.15) is 12.3 Å². The van der Waals surface area contributed by atoms with Crippen LogP contribution in [0.2, 0.25) is 10.4 Å². The number of carbonyl (C=O) groups is 1. The van der Waals surface area contributed by atoms with Crippen LogP contribution in [-0.2, 0) is 16.1 Å². The largest absolute Gasteiger partial charge is 0.458 e. The third-order valence-electron chi connectivity index (χ3n) is 2.93. The van der Waals surface area contributed by atoms with Crippen molar-refractivity contribution in [1.82, 2.24) is 9.55 Å². The first-order chi connectivity index (χ1) is 10.0. The van der Waals surface area contributed by atoms with E-state index >= 15 is 0 Å². The van der Waals surface area contributed by atoms with Crippen LogP contribution >= 0.6 is 35.0 Å². The number of ether oxygens (including phenoxy) is 1. The average molecular weight is 345 g/mol. The highest BCUT2D eigenvalue weighted by Gasteiger charge is 2.19. The van der Waals surface area contributed by atoms with Gasteiger partial charge < -0.3 is 4.74 Å². The molecule has 2 aromatic rings. The first-order valence-corrected chi connectivity index (χ1v) is 8.26. The zero-order chi connectivity index (χ0) is 15.4. The second-order valence-electron chi connectivity index (χ2n) is 4.27. The monoisotopic (exact) mass is 344 g/mol. The van der Waals surface area contributed by atoms with Crippen molar-refractivity contribution in [2.75, 3.05) is 6.26 Å². The molecule has 0 aliphatic heterocycles. The van der Waals surface area contributed by atoms with Gasteiger partial charge in [-0.1, -0.05) is 29.8 Å². The predicted molar refractivity (Wildman–Crippen MR) is 86.4 cm³/mol. The summed E-state index contributed by atoms with van der Waals surface area (Å²) >= 11 is 13.6. The second-order valence-corrected chi connectivity index (χ2v) is 6.15. The maximum absolute atomic E-state index is 11.8. The van der Waals surface area contributed by atoms with Crippen LogP contribution < -0.4 is 0 Å². The highest BCUT2D eigenvalue weighted by molar-refractivity contribution is 7.99. The third kappa shape index (κ3) is 3.73. The fraction of sp³-hybridized carbons (Fsp3) is 0.286. The van der Waals surface area contributed by atoms with Crippen LogP contribution in [0.4, 0.5) is 0 Å². The van der Waals surface area contributed by atoms with Gasteiger partial charge >= 0.3 is 5.97 Å². The van der Waals surface area contributed by atoms with E-state index in [1.54, 1.807) is 11.5 Å². The summed E-state index contributed by atoms with van der Waals surface area (Å²) in [6.45, 7) is 1.81. The van der Waals surface area contributed by atoms with Crippen LogP contribution in [0, 0.1) is 0 Å². The molecule has 0 radical (unpaired) electrons. The summed E-state index contributed by atoms with van der Waals surface area (Å²) in [5, 5.41) is 0.232. The zero-order valence-corrected chi connectivity index (χ0v) is 13.9. The van der Waals surface area contributed by atoms with Crippen LogP contribution in [-0.4, -0.2) is 27.0 Å². The number of imidazole rings is 1. The van der Waals surface area contributed by atoms with Gasteiger partial charge in [0, 0.05) is 5.69 Å². The van der Waals surface area contributed by atoms with Gasteiger partial charge in [0.15, 0.2) is 5.15 Å². The Morgan fingerprint density at radius 1 is 1.38 bits per heavy atom. The van der Waals surface area contributed by atoms with Crippen LogP contribution in [0.5, 0.6) is 0 Å². The Bertz CT molecular complexity index is 631. The van der Waals surface area contributed by atoms with E-state index in [4.69, 9.17) is 27.9 Å². The molecule has 21 heavy (non-hydrogen) atoms. The van der Waals surface area contributed by atoms with E-state index in [-0.39, 0.29) is 28.3 Å². The molecule has 0 amide bonds. The molecule has 0 saturated carbocycles. The highest BCUT2D eigenvalue weighted by atomic mass is 35.5. The van der Waals surface area contributed by atoms with Gasteiger partial charge in [0.05, 0.1) is 5.25 Å². The van der Waals surface area contributed by atoms with E-state index in [0.29, 0.717) is 5.69 Å². The summed E-state index contributed by atoms with van der Waals surface area (Å²) in [6.07, 6.45) is 1.85. The molecule has 0 spiro atoms. The number of carbonyl (C=O) groups excluding carboxylic acids is 1. The summed E-state index contributed by atoms with van der Waals surface area (Å²) in [7, 11) is 0. The molecule has 112 valence electrons. The number of thioether (sulfide) groups is 1. The number of hydrogen-bond donors (Lipinski definition) is 0. The number of hydrogen-bond acceptors (Lipinski definition) is 4. The molecule has 0 aliphatic carbocycles. The normalized spacial score (nSPS) is 12.2. The fourth-order valence-corrected chi connectivity index (χ4v) is 2.52. The van der Waals surface area contributed by atoms with Crippen molar-refractivity contribution < 1.29 is 9.53 Å². The SMILES string of the molecule is CS[C@H](C)C(=O)OCc1c(Cl)nc(Cl)n1-c1ccccc1. The molecule has 0 bridgehead atoms. The molecule has 0 aliphatic rings. The molecule has 0 saturated heterocycles. The van der Waals surface area contributed by atoms with E-state index in [1.807, 2.05) is 36.6 Å². The van der Waals surface area contributed by atoms with Gasteiger partial charge in [-0.2, -0.15) is 11.8 Å². The van der Waals surface area contributed by atoms with E-state index in [0.717, 1.165) is 5.69 Å². The van der Waals surface area contributed by atoms with Crippen molar-refractivity contribution in [2.24, 2.45) is 0 Å². The Kier molecular flexibility index (Phi) is 5.56. The predicted octanol–water partition coefficient (Wildman–Crippen LogP) is 3.97. The van der Waals surface area contributed by atoms with Gasteiger partial charge in [-0.25, -0.2) is 4.98 Å². The number of rotatable bonds is 5. The highest BCUT2D eigenvalue weighted by Crippen LogP contribution is 2.26. The molecule has 1 aromatic heterocycles. The number of aromatic nitrogens is 2. The van der Waals surface area contributed by atoms with Crippen LogP contribution in [0.15, 0.2) is 30.3 Å². The number of halogens is 2. The molecule has 1 heterocycles. The molecule has 1 aromatic carbocycles. The zero-order valence-electron chi connectivity index (χ0n) is 11.5. The lowest BCUT2D eigenvalue weighted by Gasteiger charge is -2.12.